The summed E-state index contributed by atoms with van der Waals surface area (Å²) in [6.07, 6.45) is 6.27. The molecule has 6 aromatic carbocycles. The van der Waals surface area contributed by atoms with E-state index in [1.807, 2.05) is 0 Å². The van der Waals surface area contributed by atoms with E-state index in [-0.39, 0.29) is 23.1 Å². The highest BCUT2D eigenvalue weighted by molar-refractivity contribution is 7.00. The van der Waals surface area contributed by atoms with Gasteiger partial charge < -0.3 is 14.7 Å². The Morgan fingerprint density at radius 1 is 0.537 bits per heavy atom. The molecule has 0 saturated heterocycles. The first-order valence-corrected chi connectivity index (χ1v) is 20.1. The third-order valence-corrected chi connectivity index (χ3v) is 13.6. The Morgan fingerprint density at radius 3 is 1.87 bits per heavy atom. The largest absolute Gasteiger partial charge is 0.334 e. The van der Waals surface area contributed by atoms with Crippen molar-refractivity contribution >= 4 is 68.6 Å². The summed E-state index contributed by atoms with van der Waals surface area (Å²) in [4.78, 5) is 7.83. The van der Waals surface area contributed by atoms with Crippen LogP contribution in [0.15, 0.2) is 133 Å². The maximum absolute atomic E-state index is 2.75. The number of aryl methyl sites for hydroxylation is 1. The van der Waals surface area contributed by atoms with Gasteiger partial charge in [0.25, 0.3) is 6.71 Å². The number of hydrogen-bond acceptors (Lipinski definition) is 3. The Hall–Kier alpha value is -5.22. The molecule has 4 aliphatic rings. The SMILES string of the molecule is Cc1cc2c3c(c1)N(c1ccc(C(C)(C)C)cc1)c1cc(N4c5ccccc5C5(C)CCCCCC45C)ccc1B3c1ccccc1N2c1ccccc1. The van der Waals surface area contributed by atoms with E-state index in [1.165, 1.54) is 111 Å². The molecule has 0 aromatic heterocycles. The fourth-order valence-electron chi connectivity index (χ4n) is 10.7. The molecule has 3 nitrogen and oxygen atoms in total. The van der Waals surface area contributed by atoms with Gasteiger partial charge in [-0.3, -0.25) is 0 Å². The first-order valence-electron chi connectivity index (χ1n) is 20.1. The van der Waals surface area contributed by atoms with Crippen LogP contribution in [0.1, 0.15) is 83.4 Å². The minimum atomic E-state index is -0.0232. The van der Waals surface area contributed by atoms with E-state index in [0.29, 0.717) is 0 Å². The number of rotatable bonds is 3. The summed E-state index contributed by atoms with van der Waals surface area (Å²) in [5, 5.41) is 0. The molecule has 10 rings (SSSR count). The lowest BCUT2D eigenvalue weighted by Gasteiger charge is -2.47. The smallest absolute Gasteiger partial charge is 0.252 e. The van der Waals surface area contributed by atoms with Crippen LogP contribution in [0.5, 0.6) is 0 Å². The Labute approximate surface area is 322 Å². The lowest BCUT2D eigenvalue weighted by Crippen LogP contribution is -2.61. The zero-order chi connectivity index (χ0) is 37.0. The molecule has 0 bridgehead atoms. The van der Waals surface area contributed by atoms with Crippen molar-refractivity contribution in [1.82, 2.24) is 0 Å². The van der Waals surface area contributed by atoms with Gasteiger partial charge in [-0.1, -0.05) is 120 Å². The summed E-state index contributed by atoms with van der Waals surface area (Å²) in [7, 11) is 0. The highest BCUT2D eigenvalue weighted by Crippen LogP contribution is 2.60. The fraction of sp³-hybridized carbons (Fsp3) is 0.280. The van der Waals surface area contributed by atoms with E-state index in [0.717, 1.165) is 0 Å². The summed E-state index contributed by atoms with van der Waals surface area (Å²) >= 11 is 0. The van der Waals surface area contributed by atoms with Gasteiger partial charge in [0.05, 0.1) is 5.54 Å². The number of anilines is 8. The van der Waals surface area contributed by atoms with Crippen molar-refractivity contribution < 1.29 is 0 Å². The van der Waals surface area contributed by atoms with Gasteiger partial charge >= 0.3 is 0 Å². The maximum Gasteiger partial charge on any atom is 0.252 e. The van der Waals surface area contributed by atoms with Crippen LogP contribution in [-0.2, 0) is 10.8 Å². The van der Waals surface area contributed by atoms with Crippen LogP contribution in [-0.4, -0.2) is 12.3 Å². The number of para-hydroxylation sites is 3. The topological polar surface area (TPSA) is 9.72 Å². The van der Waals surface area contributed by atoms with Crippen LogP contribution in [0.2, 0.25) is 0 Å². The van der Waals surface area contributed by atoms with Crippen molar-refractivity contribution in [2.45, 2.75) is 90.0 Å². The van der Waals surface area contributed by atoms with Crippen molar-refractivity contribution in [1.29, 1.82) is 0 Å². The standard InChI is InChI=1S/C50H50BN3/c1-34-31-45-47-46(32-34)53(37-25-23-35(24-26-37)48(2,3)4)44-33-38(54-42-21-13-11-19-39(42)49(5)29-15-8-16-30-50(49,54)6)27-28-41(44)51(47)40-20-12-14-22-43(40)52(45)36-17-9-7-10-18-36/h7,9-14,17-28,31-33H,8,15-16,29-30H2,1-6H3. The quantitative estimate of drug-likeness (QED) is 0.170. The van der Waals surface area contributed by atoms with Gasteiger partial charge in [0.15, 0.2) is 0 Å². The van der Waals surface area contributed by atoms with Crippen LogP contribution in [0.4, 0.5) is 45.5 Å². The highest BCUT2D eigenvalue weighted by atomic mass is 15.3. The normalized spacial score (nSPS) is 21.1. The first-order chi connectivity index (χ1) is 26.1. The summed E-state index contributed by atoms with van der Waals surface area (Å²) in [6, 6.07) is 51.0. The Balaban J connectivity index is 1.24. The molecule has 6 aromatic rings. The van der Waals surface area contributed by atoms with E-state index in [9.17, 15) is 0 Å². The van der Waals surface area contributed by atoms with Crippen LogP contribution in [0.25, 0.3) is 0 Å². The molecule has 0 N–H and O–H groups in total. The zero-order valence-electron chi connectivity index (χ0n) is 32.7. The van der Waals surface area contributed by atoms with Gasteiger partial charge in [0, 0.05) is 50.9 Å². The van der Waals surface area contributed by atoms with Crippen molar-refractivity contribution in [3.8, 4) is 0 Å². The Morgan fingerprint density at radius 2 is 1.13 bits per heavy atom. The molecule has 0 amide bonds. The van der Waals surface area contributed by atoms with Crippen molar-refractivity contribution in [3.63, 3.8) is 0 Å². The Kier molecular flexibility index (Phi) is 7.35. The molecule has 0 radical (unpaired) electrons. The predicted octanol–water partition coefficient (Wildman–Crippen LogP) is 11.5. The molecule has 2 atom stereocenters. The zero-order valence-corrected chi connectivity index (χ0v) is 32.7. The molecule has 1 saturated carbocycles. The van der Waals surface area contributed by atoms with E-state index < -0.39 is 0 Å². The predicted molar refractivity (Wildman–Crippen MR) is 231 cm³/mol. The minimum absolute atomic E-state index is 0.0232. The van der Waals surface area contributed by atoms with Crippen molar-refractivity contribution in [3.05, 3.63) is 150 Å². The summed E-state index contributed by atoms with van der Waals surface area (Å²) in [5.41, 5.74) is 18.4. The second-order valence-electron chi connectivity index (χ2n) is 17.8. The van der Waals surface area contributed by atoms with Gasteiger partial charge in [-0.25, -0.2) is 0 Å². The van der Waals surface area contributed by atoms with E-state index in [4.69, 9.17) is 0 Å². The maximum atomic E-state index is 2.75. The van der Waals surface area contributed by atoms with E-state index in [1.54, 1.807) is 0 Å². The van der Waals surface area contributed by atoms with Crippen LogP contribution < -0.4 is 31.1 Å². The number of hydrogen-bond donors (Lipinski definition) is 0. The molecule has 3 aliphatic heterocycles. The van der Waals surface area contributed by atoms with Crippen molar-refractivity contribution in [2.75, 3.05) is 14.7 Å². The highest BCUT2D eigenvalue weighted by Gasteiger charge is 2.57. The summed E-state index contributed by atoms with van der Waals surface area (Å²) in [6.45, 7) is 14.4. The second kappa shape index (κ2) is 11.9. The molecule has 268 valence electrons. The third kappa shape index (κ3) is 4.68. The molecule has 4 heteroatoms. The number of fused-ring (bicyclic) bond motifs is 7. The van der Waals surface area contributed by atoms with Gasteiger partial charge in [0.2, 0.25) is 0 Å². The monoisotopic (exact) mass is 703 g/mol. The van der Waals surface area contributed by atoms with E-state index in [2.05, 4.69) is 190 Å². The Bertz CT molecular complexity index is 2430. The average Bonchev–Trinajstić information content (AvgIpc) is 3.24. The lowest BCUT2D eigenvalue weighted by atomic mass is 9.33. The summed E-state index contributed by atoms with van der Waals surface area (Å²) in [5.74, 6) is 0. The molecule has 3 heterocycles. The van der Waals surface area contributed by atoms with Crippen molar-refractivity contribution in [2.24, 2.45) is 0 Å². The molecule has 1 fully saturated rings. The molecule has 1 aliphatic carbocycles. The second-order valence-corrected chi connectivity index (χ2v) is 17.8. The average molecular weight is 704 g/mol. The molecule has 2 unspecified atom stereocenters. The van der Waals surface area contributed by atoms with Gasteiger partial charge in [-0.15, -0.1) is 0 Å². The fourth-order valence-corrected chi connectivity index (χ4v) is 10.7. The number of benzene rings is 6. The first kappa shape index (κ1) is 33.4. The van der Waals surface area contributed by atoms with Gasteiger partial charge in [-0.2, -0.15) is 0 Å². The lowest BCUT2D eigenvalue weighted by molar-refractivity contribution is 0.261. The number of nitrogens with zero attached hydrogens (tertiary/aromatic N) is 3. The molecule has 54 heavy (non-hydrogen) atoms. The summed E-state index contributed by atoms with van der Waals surface area (Å²) < 4.78 is 0. The van der Waals surface area contributed by atoms with Gasteiger partial charge in [-0.05, 0) is 126 Å². The third-order valence-electron chi connectivity index (χ3n) is 13.6. The molecular weight excluding hydrogens is 653 g/mol. The molecular formula is C50H50BN3. The minimum Gasteiger partial charge on any atom is -0.334 e. The van der Waals surface area contributed by atoms with Gasteiger partial charge in [0.1, 0.15) is 0 Å². The van der Waals surface area contributed by atoms with Crippen LogP contribution in [0, 0.1) is 6.92 Å². The van der Waals surface area contributed by atoms with E-state index >= 15 is 0 Å². The van der Waals surface area contributed by atoms with Crippen LogP contribution in [0.3, 0.4) is 0 Å². The van der Waals surface area contributed by atoms with Crippen LogP contribution >= 0.6 is 0 Å². The molecule has 0 spiro atoms.